The number of imidazole rings is 1. The Labute approximate surface area is 336 Å². The van der Waals surface area contributed by atoms with Crippen molar-refractivity contribution in [1.29, 1.82) is 0 Å². The quantitative estimate of drug-likeness (QED) is 0.188. The highest BCUT2D eigenvalue weighted by Crippen LogP contribution is 2.36. The number of aryl methyl sites for hydroxylation is 1. The van der Waals surface area contributed by atoms with Crippen LogP contribution in [-0.4, -0.2) is 115 Å². The van der Waals surface area contributed by atoms with Crippen LogP contribution in [0.15, 0.2) is 49.1 Å². The maximum absolute atomic E-state index is 13.3. The summed E-state index contributed by atoms with van der Waals surface area (Å²) in [6.45, 7) is 7.75. The maximum atomic E-state index is 13.3. The zero-order valence-electron chi connectivity index (χ0n) is 32.7. The highest BCUT2D eigenvalue weighted by molar-refractivity contribution is 6.23. The van der Waals surface area contributed by atoms with E-state index < -0.39 is 23.8 Å². The predicted octanol–water partition coefficient (Wildman–Crippen LogP) is 3.50. The molecule has 5 amide bonds. The third-order valence-electron chi connectivity index (χ3n) is 12.8. The number of nitrogens with zero attached hydrogens (tertiary/aromatic N) is 8. The van der Waals surface area contributed by atoms with Gasteiger partial charge < -0.3 is 25.0 Å². The number of anilines is 2. The van der Waals surface area contributed by atoms with Crippen LogP contribution in [0.4, 0.5) is 11.5 Å². The van der Waals surface area contributed by atoms with Crippen molar-refractivity contribution in [2.24, 2.45) is 11.8 Å². The summed E-state index contributed by atoms with van der Waals surface area (Å²) in [7, 11) is 0. The van der Waals surface area contributed by atoms with Crippen LogP contribution in [-0.2, 0) is 9.59 Å². The second-order valence-electron chi connectivity index (χ2n) is 16.6. The number of carbonyl (C=O) groups is 5. The number of benzene rings is 1. The molecule has 16 nitrogen and oxygen atoms in total. The monoisotopic (exact) mass is 787 g/mol. The van der Waals surface area contributed by atoms with Crippen molar-refractivity contribution in [1.82, 2.24) is 44.9 Å². The molecule has 0 unspecified atom stereocenters. The molecule has 5 aliphatic rings. The van der Waals surface area contributed by atoms with Crippen molar-refractivity contribution in [2.45, 2.75) is 82.8 Å². The Balaban J connectivity index is 0.697. The van der Waals surface area contributed by atoms with Crippen LogP contribution in [0.2, 0.25) is 0 Å². The summed E-state index contributed by atoms with van der Waals surface area (Å²) in [5.74, 6) is -0.0463. The van der Waals surface area contributed by atoms with Crippen molar-refractivity contribution in [2.75, 3.05) is 49.5 Å². The molecule has 3 aromatic heterocycles. The lowest BCUT2D eigenvalue weighted by Crippen LogP contribution is -2.54. The molecule has 4 fully saturated rings. The Morgan fingerprint density at radius 3 is 2.43 bits per heavy atom. The molecule has 0 bridgehead atoms. The van der Waals surface area contributed by atoms with Crippen LogP contribution >= 0.6 is 0 Å². The number of likely N-dealkylation sites (tertiary alicyclic amines) is 1. The number of piperidine rings is 3. The molecule has 16 heteroatoms. The fraction of sp³-hybridized carbons (Fsp3) is 0.500. The molecule has 3 N–H and O–H groups in total. The normalized spacial score (nSPS) is 23.2. The zero-order valence-corrected chi connectivity index (χ0v) is 32.7. The van der Waals surface area contributed by atoms with Gasteiger partial charge in [-0.2, -0.15) is 0 Å². The summed E-state index contributed by atoms with van der Waals surface area (Å²) in [5.41, 5.74) is 4.40. The standard InChI is InChI=1S/C42H49N11O5/c1-25-3-2-4-33(47-25)39(55)48-28-19-30(20-28)52-24-46-36-37(44-23-45-38(36)52)43-14-9-26-10-15-50(16-11-26)22-27-12-17-51(18-13-27)29-5-6-31-32(21-29)42(58)53(41(31)57)34-7-8-35(54)49-40(34)56/h2-6,21,23-24,26-28,30,34H,7-20,22H2,1H3,(H,48,55)(H,43,44,45)(H,49,54,56)/t28?,30?,34-/m0/s1. The molecule has 1 saturated carbocycles. The third-order valence-corrected chi connectivity index (χ3v) is 12.8. The molecule has 302 valence electrons. The lowest BCUT2D eigenvalue weighted by molar-refractivity contribution is -0.136. The van der Waals surface area contributed by atoms with Gasteiger partial charge in [0.2, 0.25) is 11.8 Å². The topological polar surface area (TPSA) is 188 Å². The minimum absolute atomic E-state index is 0.0883. The number of nitrogens with one attached hydrogen (secondary N) is 3. The van der Waals surface area contributed by atoms with Crippen molar-refractivity contribution < 1.29 is 24.0 Å². The van der Waals surface area contributed by atoms with Crippen molar-refractivity contribution >= 4 is 52.2 Å². The van der Waals surface area contributed by atoms with Gasteiger partial charge in [0.25, 0.3) is 17.7 Å². The molecule has 1 atom stereocenters. The molecule has 1 aromatic carbocycles. The Bertz CT molecular complexity index is 2250. The van der Waals surface area contributed by atoms with Crippen molar-refractivity contribution in [3.05, 3.63) is 71.6 Å². The summed E-state index contributed by atoms with van der Waals surface area (Å²) >= 11 is 0. The van der Waals surface area contributed by atoms with E-state index in [-0.39, 0.29) is 36.7 Å². The number of rotatable bonds is 11. The summed E-state index contributed by atoms with van der Waals surface area (Å²) < 4.78 is 2.10. The highest BCUT2D eigenvalue weighted by atomic mass is 16.2. The molecule has 9 rings (SSSR count). The number of pyridine rings is 1. The summed E-state index contributed by atoms with van der Waals surface area (Å²) in [5, 5.41) is 8.89. The number of carbonyl (C=O) groups excluding carboxylic acids is 5. The van der Waals surface area contributed by atoms with E-state index in [4.69, 9.17) is 0 Å². The Morgan fingerprint density at radius 2 is 1.66 bits per heavy atom. The maximum Gasteiger partial charge on any atom is 0.270 e. The Hall–Kier alpha value is -5.77. The minimum atomic E-state index is -0.960. The molecule has 0 radical (unpaired) electrons. The van der Waals surface area contributed by atoms with E-state index in [2.05, 4.69) is 50.3 Å². The van der Waals surface area contributed by atoms with Gasteiger partial charge in [-0.3, -0.25) is 34.2 Å². The number of hydrogen-bond acceptors (Lipinski definition) is 12. The van der Waals surface area contributed by atoms with Crippen molar-refractivity contribution in [3.63, 3.8) is 0 Å². The fourth-order valence-electron chi connectivity index (χ4n) is 9.36. The molecular weight excluding hydrogens is 739 g/mol. The van der Waals surface area contributed by atoms with Crippen LogP contribution in [0.3, 0.4) is 0 Å². The van der Waals surface area contributed by atoms with Gasteiger partial charge in [-0.05, 0) is 114 Å². The number of imide groups is 2. The Morgan fingerprint density at radius 1 is 0.879 bits per heavy atom. The smallest absolute Gasteiger partial charge is 0.270 e. The first-order valence-corrected chi connectivity index (χ1v) is 20.7. The van der Waals surface area contributed by atoms with Gasteiger partial charge in [0.1, 0.15) is 23.6 Å². The average molecular weight is 788 g/mol. The lowest BCUT2D eigenvalue weighted by atomic mass is 9.86. The molecule has 7 heterocycles. The minimum Gasteiger partial charge on any atom is -0.371 e. The van der Waals surface area contributed by atoms with Crippen LogP contribution in [0, 0.1) is 18.8 Å². The molecule has 4 aromatic rings. The van der Waals surface area contributed by atoms with E-state index >= 15 is 0 Å². The van der Waals surface area contributed by atoms with Gasteiger partial charge in [-0.1, -0.05) is 6.07 Å². The third kappa shape index (κ3) is 7.52. The second kappa shape index (κ2) is 15.9. The van der Waals surface area contributed by atoms with Crippen LogP contribution in [0.25, 0.3) is 11.2 Å². The molecule has 0 spiro atoms. The second-order valence-corrected chi connectivity index (χ2v) is 16.6. The van der Waals surface area contributed by atoms with Gasteiger partial charge in [-0.25, -0.2) is 19.9 Å². The molecule has 1 aliphatic carbocycles. The lowest BCUT2D eigenvalue weighted by Gasteiger charge is -2.38. The molecule has 4 aliphatic heterocycles. The van der Waals surface area contributed by atoms with Gasteiger partial charge in [0.05, 0.1) is 17.5 Å². The van der Waals surface area contributed by atoms with E-state index in [0.717, 1.165) is 105 Å². The summed E-state index contributed by atoms with van der Waals surface area (Å²) in [6, 6.07) is 10.2. The average Bonchev–Trinajstić information content (AvgIpc) is 3.75. The van der Waals surface area contributed by atoms with E-state index in [1.807, 2.05) is 31.5 Å². The van der Waals surface area contributed by atoms with E-state index in [0.29, 0.717) is 28.7 Å². The van der Waals surface area contributed by atoms with Crippen molar-refractivity contribution in [3.8, 4) is 0 Å². The SMILES string of the molecule is Cc1cccc(C(=O)NC2CC(n3cnc4c(NCCC5CCN(CC6CCN(c7ccc8c(c7)C(=O)N([C@H]7CCC(=O)NC7=O)C8=O)CC6)CC5)ncnc43)C2)n1. The number of aromatic nitrogens is 5. The largest absolute Gasteiger partial charge is 0.371 e. The predicted molar refractivity (Wildman–Crippen MR) is 214 cm³/mol. The molecular formula is C42H49N11O5. The Kier molecular flexibility index (Phi) is 10.3. The van der Waals surface area contributed by atoms with Gasteiger partial charge in [-0.15, -0.1) is 0 Å². The summed E-state index contributed by atoms with van der Waals surface area (Å²) in [4.78, 5) is 87.2. The first-order chi connectivity index (χ1) is 28.2. The van der Waals surface area contributed by atoms with E-state index in [1.165, 1.54) is 12.8 Å². The molecule has 3 saturated heterocycles. The number of amides is 5. The first kappa shape index (κ1) is 37.8. The number of fused-ring (bicyclic) bond motifs is 2. The van der Waals surface area contributed by atoms with E-state index in [1.54, 1.807) is 24.5 Å². The van der Waals surface area contributed by atoms with Crippen LogP contribution in [0.1, 0.15) is 101 Å². The van der Waals surface area contributed by atoms with Gasteiger partial charge in [0, 0.05) is 56.1 Å². The van der Waals surface area contributed by atoms with Gasteiger partial charge in [0.15, 0.2) is 11.5 Å². The number of hydrogen-bond donors (Lipinski definition) is 3. The zero-order chi connectivity index (χ0) is 39.9. The summed E-state index contributed by atoms with van der Waals surface area (Å²) in [6.07, 6.45) is 10.8. The fourth-order valence-corrected chi connectivity index (χ4v) is 9.36. The van der Waals surface area contributed by atoms with Crippen LogP contribution < -0.4 is 20.9 Å². The van der Waals surface area contributed by atoms with Gasteiger partial charge >= 0.3 is 0 Å². The highest BCUT2D eigenvalue weighted by Gasteiger charge is 2.45. The first-order valence-electron chi connectivity index (χ1n) is 20.7. The van der Waals surface area contributed by atoms with E-state index in [9.17, 15) is 24.0 Å². The molecule has 58 heavy (non-hydrogen) atoms. The van der Waals surface area contributed by atoms with Crippen LogP contribution in [0.5, 0.6) is 0 Å².